The van der Waals surface area contributed by atoms with Gasteiger partial charge in [-0.3, -0.25) is 4.79 Å². The van der Waals surface area contributed by atoms with E-state index in [4.69, 9.17) is 0 Å². The zero-order chi connectivity index (χ0) is 15.6. The number of carbonyl (C=O) groups is 2. The Morgan fingerprint density at radius 3 is 2.67 bits per heavy atom. The first-order valence-electron chi connectivity index (χ1n) is 6.86. The summed E-state index contributed by atoms with van der Waals surface area (Å²) in [5.74, 6) is -3.51. The lowest BCUT2D eigenvalue weighted by atomic mass is 9.90. The first-order valence-corrected chi connectivity index (χ1v) is 6.86. The molecular weight excluding hydrogens is 280 g/mol. The van der Waals surface area contributed by atoms with E-state index < -0.39 is 23.6 Å². The lowest BCUT2D eigenvalue weighted by molar-refractivity contribution is -0.154. The number of piperidine rings is 1. The van der Waals surface area contributed by atoms with E-state index in [2.05, 4.69) is 0 Å². The maximum absolute atomic E-state index is 13.1. The van der Waals surface area contributed by atoms with Crippen molar-refractivity contribution in [3.8, 4) is 0 Å². The van der Waals surface area contributed by atoms with Gasteiger partial charge in [-0.15, -0.1) is 0 Å². The lowest BCUT2D eigenvalue weighted by Crippen LogP contribution is -2.52. The second-order valence-corrected chi connectivity index (χ2v) is 5.41. The Hall–Kier alpha value is -1.98. The summed E-state index contributed by atoms with van der Waals surface area (Å²) in [5.41, 5.74) is 0.335. The molecule has 1 fully saturated rings. The van der Waals surface area contributed by atoms with Crippen LogP contribution in [0.4, 0.5) is 8.78 Å². The third-order valence-electron chi connectivity index (χ3n) is 3.85. The summed E-state index contributed by atoms with van der Waals surface area (Å²) in [7, 11) is 0. The molecule has 1 saturated heterocycles. The van der Waals surface area contributed by atoms with Crippen LogP contribution in [0.25, 0.3) is 0 Å². The minimum Gasteiger partial charge on any atom is -0.480 e. The van der Waals surface area contributed by atoms with Crippen LogP contribution in [0.1, 0.15) is 25.3 Å². The van der Waals surface area contributed by atoms with E-state index in [0.29, 0.717) is 12.1 Å². The van der Waals surface area contributed by atoms with Crippen LogP contribution in [0, 0.1) is 17.6 Å². The van der Waals surface area contributed by atoms with Crippen LogP contribution in [-0.2, 0) is 16.0 Å². The second-order valence-electron chi connectivity index (χ2n) is 5.41. The van der Waals surface area contributed by atoms with Crippen LogP contribution in [0.15, 0.2) is 18.2 Å². The van der Waals surface area contributed by atoms with Crippen LogP contribution in [0.5, 0.6) is 0 Å². The predicted octanol–water partition coefficient (Wildman–Crippen LogP) is 2.22. The van der Waals surface area contributed by atoms with Crippen molar-refractivity contribution in [1.82, 2.24) is 4.90 Å². The normalized spacial score (nSPS) is 22.1. The smallest absolute Gasteiger partial charge is 0.326 e. The zero-order valence-corrected chi connectivity index (χ0v) is 11.7. The van der Waals surface area contributed by atoms with E-state index in [0.717, 1.165) is 25.0 Å². The van der Waals surface area contributed by atoms with Gasteiger partial charge in [0, 0.05) is 6.54 Å². The van der Waals surface area contributed by atoms with E-state index in [9.17, 15) is 23.5 Å². The Balaban J connectivity index is 2.14. The average molecular weight is 297 g/mol. The van der Waals surface area contributed by atoms with Crippen molar-refractivity contribution in [2.75, 3.05) is 6.54 Å². The van der Waals surface area contributed by atoms with Crippen molar-refractivity contribution >= 4 is 11.9 Å². The predicted molar refractivity (Wildman–Crippen MR) is 71.6 cm³/mol. The number of rotatable bonds is 3. The average Bonchev–Trinajstić information content (AvgIpc) is 2.42. The molecule has 0 radical (unpaired) electrons. The molecule has 1 aromatic carbocycles. The van der Waals surface area contributed by atoms with E-state index in [1.54, 1.807) is 6.92 Å². The number of likely N-dealkylation sites (tertiary alicyclic amines) is 1. The molecule has 1 N–H and O–H groups in total. The number of hydrogen-bond donors (Lipinski definition) is 1. The van der Waals surface area contributed by atoms with Crippen molar-refractivity contribution in [1.29, 1.82) is 0 Å². The molecule has 2 rings (SSSR count). The first-order chi connectivity index (χ1) is 9.90. The third kappa shape index (κ3) is 3.37. The summed E-state index contributed by atoms with van der Waals surface area (Å²) < 4.78 is 26.0. The van der Waals surface area contributed by atoms with Crippen molar-refractivity contribution in [2.45, 2.75) is 32.2 Å². The standard InChI is InChI=1S/C15H17F2NO3/c1-9-3-2-6-18(14(9)15(20)21)13(19)8-10-4-5-11(16)12(17)7-10/h4-5,7,9,14H,2-3,6,8H2,1H3,(H,20,21). The quantitative estimate of drug-likeness (QED) is 0.930. The van der Waals surface area contributed by atoms with Gasteiger partial charge in [-0.05, 0) is 36.5 Å². The van der Waals surface area contributed by atoms with E-state index in [1.807, 2.05) is 0 Å². The molecule has 0 bridgehead atoms. The highest BCUT2D eigenvalue weighted by Gasteiger charge is 2.36. The van der Waals surface area contributed by atoms with Gasteiger partial charge in [0.05, 0.1) is 6.42 Å². The summed E-state index contributed by atoms with van der Waals surface area (Å²) in [6.07, 6.45) is 1.37. The Kier molecular flexibility index (Phi) is 4.55. The number of nitrogens with zero attached hydrogens (tertiary/aromatic N) is 1. The SMILES string of the molecule is CC1CCCN(C(=O)Cc2ccc(F)c(F)c2)C1C(=O)O. The van der Waals surface area contributed by atoms with Gasteiger partial charge in [-0.25, -0.2) is 13.6 Å². The molecule has 0 spiro atoms. The highest BCUT2D eigenvalue weighted by atomic mass is 19.2. The fraction of sp³-hybridized carbons (Fsp3) is 0.467. The molecule has 4 nitrogen and oxygen atoms in total. The van der Waals surface area contributed by atoms with Gasteiger partial charge in [0.2, 0.25) is 5.91 Å². The fourth-order valence-electron chi connectivity index (χ4n) is 2.77. The molecule has 0 saturated carbocycles. The highest BCUT2D eigenvalue weighted by molar-refractivity contribution is 5.85. The number of aliphatic carboxylic acids is 1. The molecule has 1 aliphatic heterocycles. The summed E-state index contributed by atoms with van der Waals surface area (Å²) >= 11 is 0. The molecular formula is C15H17F2NO3. The van der Waals surface area contributed by atoms with Crippen LogP contribution in [0.3, 0.4) is 0 Å². The number of carbonyl (C=O) groups excluding carboxylic acids is 1. The zero-order valence-electron chi connectivity index (χ0n) is 11.7. The Morgan fingerprint density at radius 1 is 1.33 bits per heavy atom. The number of amides is 1. The lowest BCUT2D eigenvalue weighted by Gasteiger charge is -2.37. The number of halogens is 2. The third-order valence-corrected chi connectivity index (χ3v) is 3.85. The molecule has 2 atom stereocenters. The van der Waals surface area contributed by atoms with Gasteiger partial charge in [0.1, 0.15) is 6.04 Å². The number of benzene rings is 1. The highest BCUT2D eigenvalue weighted by Crippen LogP contribution is 2.24. The maximum atomic E-state index is 13.1. The summed E-state index contributed by atoms with van der Waals surface area (Å²) in [4.78, 5) is 24.9. The van der Waals surface area contributed by atoms with Gasteiger partial charge in [-0.1, -0.05) is 13.0 Å². The van der Waals surface area contributed by atoms with Crippen molar-refractivity contribution < 1.29 is 23.5 Å². The van der Waals surface area contributed by atoms with E-state index in [-0.39, 0.29) is 18.2 Å². The van der Waals surface area contributed by atoms with Gasteiger partial charge in [-0.2, -0.15) is 0 Å². The molecule has 1 aromatic rings. The molecule has 0 aliphatic carbocycles. The van der Waals surface area contributed by atoms with Crippen LogP contribution < -0.4 is 0 Å². The van der Waals surface area contributed by atoms with Crippen LogP contribution in [-0.4, -0.2) is 34.5 Å². The van der Waals surface area contributed by atoms with Crippen molar-refractivity contribution in [3.05, 3.63) is 35.4 Å². The van der Waals surface area contributed by atoms with E-state index in [1.165, 1.54) is 11.0 Å². The van der Waals surface area contributed by atoms with Crippen molar-refractivity contribution in [2.24, 2.45) is 5.92 Å². The summed E-state index contributed by atoms with van der Waals surface area (Å²) in [6, 6.07) is 2.41. The topological polar surface area (TPSA) is 57.6 Å². The first kappa shape index (κ1) is 15.4. The molecule has 0 aromatic heterocycles. The second kappa shape index (κ2) is 6.20. The van der Waals surface area contributed by atoms with Crippen LogP contribution >= 0.6 is 0 Å². The Morgan fingerprint density at radius 2 is 2.05 bits per heavy atom. The molecule has 1 aliphatic rings. The number of hydrogen-bond acceptors (Lipinski definition) is 2. The van der Waals surface area contributed by atoms with Gasteiger partial charge in [0.25, 0.3) is 0 Å². The van der Waals surface area contributed by atoms with Gasteiger partial charge < -0.3 is 10.0 Å². The molecule has 2 unspecified atom stereocenters. The molecule has 114 valence electrons. The molecule has 1 amide bonds. The minimum absolute atomic E-state index is 0.120. The number of carboxylic acid groups (broad SMARTS) is 1. The minimum atomic E-state index is -1.03. The largest absolute Gasteiger partial charge is 0.480 e. The van der Waals surface area contributed by atoms with E-state index >= 15 is 0 Å². The molecule has 6 heteroatoms. The monoisotopic (exact) mass is 297 g/mol. The molecule has 21 heavy (non-hydrogen) atoms. The Bertz CT molecular complexity index is 562. The van der Waals surface area contributed by atoms with Crippen molar-refractivity contribution in [3.63, 3.8) is 0 Å². The Labute approximate surface area is 121 Å². The number of carboxylic acids is 1. The fourth-order valence-corrected chi connectivity index (χ4v) is 2.77. The van der Waals surface area contributed by atoms with Crippen LogP contribution in [0.2, 0.25) is 0 Å². The summed E-state index contributed by atoms with van der Waals surface area (Å²) in [5, 5.41) is 9.27. The van der Waals surface area contributed by atoms with Gasteiger partial charge >= 0.3 is 5.97 Å². The van der Waals surface area contributed by atoms with Gasteiger partial charge in [0.15, 0.2) is 11.6 Å². The molecule has 1 heterocycles. The maximum Gasteiger partial charge on any atom is 0.326 e. The summed E-state index contributed by atoms with van der Waals surface area (Å²) in [6.45, 7) is 2.18.